The molecule has 10 heteroatoms. The molecule has 5 rings (SSSR count). The zero-order valence-corrected chi connectivity index (χ0v) is 32.2. The lowest BCUT2D eigenvalue weighted by Crippen LogP contribution is -2.54. The number of unbranched alkanes of at least 4 members (excludes halogenated alkanes) is 4. The Morgan fingerprint density at radius 3 is 2.04 bits per heavy atom. The van der Waals surface area contributed by atoms with E-state index in [4.69, 9.17) is 37.7 Å². The third kappa shape index (κ3) is 9.85. The van der Waals surface area contributed by atoms with E-state index >= 15 is 0 Å². The molecule has 0 spiro atoms. The van der Waals surface area contributed by atoms with E-state index in [0.717, 1.165) is 74.0 Å². The van der Waals surface area contributed by atoms with Gasteiger partial charge in [0.1, 0.15) is 17.6 Å². The molecule has 1 fully saturated rings. The topological polar surface area (TPSA) is 74.7 Å². The average Bonchev–Trinajstić information content (AvgIpc) is 3.51. The number of amidine groups is 1. The number of piperazine rings is 1. The van der Waals surface area contributed by atoms with E-state index in [0.29, 0.717) is 47.7 Å². The van der Waals surface area contributed by atoms with Gasteiger partial charge < -0.3 is 14.4 Å². The van der Waals surface area contributed by atoms with Crippen molar-refractivity contribution in [3.05, 3.63) is 99.0 Å². The van der Waals surface area contributed by atoms with Crippen molar-refractivity contribution in [2.45, 2.75) is 83.7 Å². The third-order valence-corrected chi connectivity index (χ3v) is 10.3. The Hall–Kier alpha value is -3.59. The Labute approximate surface area is 313 Å². The van der Waals surface area contributed by atoms with Crippen LogP contribution in [-0.2, 0) is 14.9 Å². The molecule has 51 heavy (non-hydrogen) atoms. The molecule has 0 bridgehead atoms. The quantitative estimate of drug-likeness (QED) is 0.129. The van der Waals surface area contributed by atoms with E-state index in [1.165, 1.54) is 7.11 Å². The van der Waals surface area contributed by atoms with E-state index in [2.05, 4.69) is 43.9 Å². The number of esters is 1. The van der Waals surface area contributed by atoms with Crippen LogP contribution in [0.25, 0.3) is 0 Å². The lowest BCUT2D eigenvalue weighted by Gasteiger charge is -2.39. The molecule has 2 aliphatic heterocycles. The van der Waals surface area contributed by atoms with Gasteiger partial charge in [-0.2, -0.15) is 0 Å². The van der Waals surface area contributed by atoms with Crippen molar-refractivity contribution in [3.8, 4) is 5.75 Å². The van der Waals surface area contributed by atoms with Gasteiger partial charge in [-0.25, -0.2) is 4.79 Å². The number of benzene rings is 3. The zero-order valence-electron chi connectivity index (χ0n) is 30.7. The number of ether oxygens (including phenoxy) is 2. The molecule has 0 saturated carbocycles. The van der Waals surface area contributed by atoms with Gasteiger partial charge in [-0.1, -0.05) is 93.6 Å². The van der Waals surface area contributed by atoms with E-state index in [1.807, 2.05) is 65.3 Å². The van der Waals surface area contributed by atoms with Crippen molar-refractivity contribution in [2.75, 3.05) is 46.4 Å². The molecule has 2 heterocycles. The fourth-order valence-corrected chi connectivity index (χ4v) is 7.11. The predicted octanol–water partition coefficient (Wildman–Crippen LogP) is 9.49. The summed E-state index contributed by atoms with van der Waals surface area (Å²) in [6.07, 6.45) is 5.73. The highest BCUT2D eigenvalue weighted by Gasteiger charge is 2.45. The molecule has 3 aromatic rings. The van der Waals surface area contributed by atoms with Crippen LogP contribution in [0.3, 0.4) is 0 Å². The average molecular weight is 736 g/mol. The van der Waals surface area contributed by atoms with Gasteiger partial charge in [0.25, 0.3) is 0 Å². The van der Waals surface area contributed by atoms with Gasteiger partial charge in [0.2, 0.25) is 0 Å². The monoisotopic (exact) mass is 734 g/mol. The molecule has 0 aromatic heterocycles. The SMILES string of the molecule is CCOc1cc(C(C)(C)C)ccc1C1=NC(c2ccc(Cl)cc2)C(c2ccc(Cl)cc2)N1C(=O)N1CCN(CCCCCCCC(=O)OC)CC1. The predicted molar refractivity (Wildman–Crippen MR) is 206 cm³/mol. The number of amides is 2. The van der Waals surface area contributed by atoms with Crippen molar-refractivity contribution in [2.24, 2.45) is 4.99 Å². The lowest BCUT2D eigenvalue weighted by atomic mass is 9.86. The normalized spacial score (nSPS) is 18.1. The van der Waals surface area contributed by atoms with Crippen LogP contribution in [0.2, 0.25) is 10.0 Å². The lowest BCUT2D eigenvalue weighted by molar-refractivity contribution is -0.140. The highest BCUT2D eigenvalue weighted by Crippen LogP contribution is 2.46. The number of hydrogen-bond donors (Lipinski definition) is 0. The van der Waals surface area contributed by atoms with Crippen molar-refractivity contribution in [1.82, 2.24) is 14.7 Å². The van der Waals surface area contributed by atoms with Crippen LogP contribution in [0.4, 0.5) is 4.79 Å². The molecule has 2 amide bonds. The fraction of sp³-hybridized carbons (Fsp3) is 0.488. The number of rotatable bonds is 13. The van der Waals surface area contributed by atoms with E-state index in [9.17, 15) is 9.59 Å². The Balaban J connectivity index is 1.41. The number of nitrogens with zero attached hydrogens (tertiary/aromatic N) is 4. The Bertz CT molecular complexity index is 1650. The summed E-state index contributed by atoms with van der Waals surface area (Å²) >= 11 is 12.7. The van der Waals surface area contributed by atoms with Crippen molar-refractivity contribution >= 4 is 41.0 Å². The molecular weight excluding hydrogens is 683 g/mol. The number of halogens is 2. The van der Waals surface area contributed by atoms with Gasteiger partial charge in [-0.3, -0.25) is 19.6 Å². The number of hydrogen-bond acceptors (Lipinski definition) is 6. The van der Waals surface area contributed by atoms with Gasteiger partial charge in [-0.15, -0.1) is 0 Å². The minimum absolute atomic E-state index is 0.0715. The second-order valence-corrected chi connectivity index (χ2v) is 15.3. The van der Waals surface area contributed by atoms with Gasteiger partial charge in [-0.05, 0) is 84.8 Å². The first-order chi connectivity index (χ1) is 24.5. The maximum atomic E-state index is 14.9. The molecular formula is C41H52Cl2N4O4. The Kier molecular flexibility index (Phi) is 13.5. The van der Waals surface area contributed by atoms with E-state index in [-0.39, 0.29) is 23.5 Å². The molecule has 0 radical (unpaired) electrons. The van der Waals surface area contributed by atoms with E-state index in [1.54, 1.807) is 0 Å². The van der Waals surface area contributed by atoms with Crippen LogP contribution >= 0.6 is 23.2 Å². The molecule has 2 aliphatic rings. The zero-order chi connectivity index (χ0) is 36.5. The number of carbonyl (C=O) groups is 2. The molecule has 2 atom stereocenters. The summed E-state index contributed by atoms with van der Waals surface area (Å²) in [6.45, 7) is 12.9. The molecule has 274 valence electrons. The molecule has 3 aromatic carbocycles. The summed E-state index contributed by atoms with van der Waals surface area (Å²) in [5, 5.41) is 1.28. The standard InChI is InChI=1S/C41H52Cl2N4O4/c1-6-51-35-28-31(41(2,3)4)17-22-34(35)39-44-37(29-13-18-32(42)19-14-29)38(30-15-20-33(43)21-16-30)47(39)40(49)46-26-24-45(25-27-46)23-11-9-7-8-10-12-36(48)50-5/h13-22,28,37-38H,6-12,23-27H2,1-5H3. The number of methoxy groups -OCH3 is 1. The van der Waals surface area contributed by atoms with Crippen molar-refractivity contribution in [3.63, 3.8) is 0 Å². The second-order valence-electron chi connectivity index (χ2n) is 14.4. The molecule has 0 aliphatic carbocycles. The van der Waals surface area contributed by atoms with Crippen LogP contribution < -0.4 is 4.74 Å². The maximum Gasteiger partial charge on any atom is 0.326 e. The van der Waals surface area contributed by atoms with Gasteiger partial charge >= 0.3 is 12.0 Å². The molecule has 0 N–H and O–H groups in total. The molecule has 1 saturated heterocycles. The van der Waals surface area contributed by atoms with Gasteiger partial charge in [0, 0.05) is 42.6 Å². The summed E-state index contributed by atoms with van der Waals surface area (Å²) in [4.78, 5) is 38.0. The first-order valence-corrected chi connectivity index (χ1v) is 19.0. The minimum Gasteiger partial charge on any atom is -0.493 e. The van der Waals surface area contributed by atoms with Crippen molar-refractivity contribution < 1.29 is 19.1 Å². The second kappa shape index (κ2) is 17.8. The summed E-state index contributed by atoms with van der Waals surface area (Å²) < 4.78 is 11.0. The highest BCUT2D eigenvalue weighted by atomic mass is 35.5. The Morgan fingerprint density at radius 1 is 0.824 bits per heavy atom. The first kappa shape index (κ1) is 38.6. The summed E-state index contributed by atoms with van der Waals surface area (Å²) in [5.41, 5.74) is 3.76. The van der Waals surface area contributed by atoms with Gasteiger partial charge in [0.15, 0.2) is 0 Å². The summed E-state index contributed by atoms with van der Waals surface area (Å²) in [7, 11) is 1.44. The van der Waals surface area contributed by atoms with Crippen LogP contribution in [0.5, 0.6) is 5.75 Å². The highest BCUT2D eigenvalue weighted by molar-refractivity contribution is 6.30. The number of carbonyl (C=O) groups excluding carboxylic acids is 2. The van der Waals surface area contributed by atoms with Crippen LogP contribution in [0.1, 0.15) is 101 Å². The third-order valence-electron chi connectivity index (χ3n) is 9.81. The smallest absolute Gasteiger partial charge is 0.326 e. The number of aliphatic imine (C=N–C) groups is 1. The Morgan fingerprint density at radius 2 is 1.43 bits per heavy atom. The van der Waals surface area contributed by atoms with Crippen LogP contribution in [-0.4, -0.2) is 79.0 Å². The van der Waals surface area contributed by atoms with E-state index < -0.39 is 6.04 Å². The molecule has 8 nitrogen and oxygen atoms in total. The van der Waals surface area contributed by atoms with Crippen LogP contribution in [0.15, 0.2) is 71.7 Å². The summed E-state index contributed by atoms with van der Waals surface area (Å²) in [6, 6.07) is 20.9. The van der Waals surface area contributed by atoms with Crippen LogP contribution in [0, 0.1) is 0 Å². The number of urea groups is 1. The first-order valence-electron chi connectivity index (χ1n) is 18.2. The summed E-state index contributed by atoms with van der Waals surface area (Å²) in [5.74, 6) is 1.17. The van der Waals surface area contributed by atoms with Crippen molar-refractivity contribution in [1.29, 1.82) is 0 Å². The fourth-order valence-electron chi connectivity index (χ4n) is 6.86. The molecule has 2 unspecified atom stereocenters. The largest absolute Gasteiger partial charge is 0.493 e. The maximum absolute atomic E-state index is 14.9. The minimum atomic E-state index is -0.417. The van der Waals surface area contributed by atoms with Gasteiger partial charge in [0.05, 0.1) is 25.3 Å².